The van der Waals surface area contributed by atoms with Gasteiger partial charge in [0.1, 0.15) is 0 Å². The lowest BCUT2D eigenvalue weighted by atomic mass is 9.98. The lowest BCUT2D eigenvalue weighted by Crippen LogP contribution is -2.42. The summed E-state index contributed by atoms with van der Waals surface area (Å²) < 4.78 is 11.0. The molecule has 2 fully saturated rings. The third-order valence-electron chi connectivity index (χ3n) is 3.46. The summed E-state index contributed by atoms with van der Waals surface area (Å²) in [4.78, 5) is 2.40. The van der Waals surface area contributed by atoms with Crippen molar-refractivity contribution in [1.29, 1.82) is 0 Å². The molecule has 0 aromatic carbocycles. The molecule has 3 atom stereocenters. The molecular weight excluding hydrogens is 206 g/mol. The van der Waals surface area contributed by atoms with E-state index in [1.54, 1.807) is 0 Å². The van der Waals surface area contributed by atoms with Crippen LogP contribution in [-0.2, 0) is 9.47 Å². The minimum Gasteiger partial charge on any atom is -0.393 e. The Bertz CT molecular complexity index is 212. The maximum absolute atomic E-state index is 9.90. The van der Waals surface area contributed by atoms with Crippen LogP contribution in [-0.4, -0.2) is 61.7 Å². The Balaban J connectivity index is 1.82. The van der Waals surface area contributed by atoms with Crippen LogP contribution >= 0.6 is 0 Å². The van der Waals surface area contributed by atoms with Gasteiger partial charge in [-0.2, -0.15) is 0 Å². The fourth-order valence-corrected chi connectivity index (χ4v) is 2.54. The molecule has 0 aliphatic carbocycles. The highest BCUT2D eigenvalue weighted by Crippen LogP contribution is 2.17. The zero-order valence-corrected chi connectivity index (χ0v) is 10.1. The zero-order chi connectivity index (χ0) is 11.4. The molecule has 4 nitrogen and oxygen atoms in total. The summed E-state index contributed by atoms with van der Waals surface area (Å²) in [5.74, 6) is 0.277. The van der Waals surface area contributed by atoms with Crippen LogP contribution in [0.2, 0.25) is 0 Å². The van der Waals surface area contributed by atoms with E-state index in [0.717, 1.165) is 39.1 Å². The molecular formula is C12H23NO3. The predicted octanol–water partition coefficient (Wildman–Crippen LogP) is 0.495. The summed E-state index contributed by atoms with van der Waals surface area (Å²) in [6.07, 6.45) is 2.00. The van der Waals surface area contributed by atoms with Gasteiger partial charge in [-0.05, 0) is 19.8 Å². The molecule has 3 unspecified atom stereocenters. The molecule has 0 radical (unpaired) electrons. The lowest BCUT2D eigenvalue weighted by molar-refractivity contribution is -0.0481. The van der Waals surface area contributed by atoms with Crippen LogP contribution in [0.1, 0.15) is 19.8 Å². The van der Waals surface area contributed by atoms with E-state index >= 15 is 0 Å². The van der Waals surface area contributed by atoms with Crippen molar-refractivity contribution in [2.75, 3.05) is 39.5 Å². The van der Waals surface area contributed by atoms with Crippen molar-refractivity contribution in [3.63, 3.8) is 0 Å². The second kappa shape index (κ2) is 5.96. The molecule has 2 aliphatic heterocycles. The molecule has 0 aromatic heterocycles. The molecule has 2 heterocycles. The number of aliphatic hydroxyl groups excluding tert-OH is 1. The highest BCUT2D eigenvalue weighted by molar-refractivity contribution is 4.78. The molecule has 2 aliphatic rings. The molecule has 0 spiro atoms. The molecule has 16 heavy (non-hydrogen) atoms. The maximum atomic E-state index is 9.90. The molecule has 4 heteroatoms. The summed E-state index contributed by atoms with van der Waals surface area (Å²) in [7, 11) is 0. The van der Waals surface area contributed by atoms with E-state index in [4.69, 9.17) is 9.47 Å². The van der Waals surface area contributed by atoms with Gasteiger partial charge in [0.25, 0.3) is 0 Å². The fourth-order valence-electron chi connectivity index (χ4n) is 2.54. The first-order chi connectivity index (χ1) is 7.75. The van der Waals surface area contributed by atoms with Crippen molar-refractivity contribution >= 4 is 0 Å². The van der Waals surface area contributed by atoms with E-state index in [9.17, 15) is 5.11 Å². The van der Waals surface area contributed by atoms with Gasteiger partial charge in [0.2, 0.25) is 0 Å². The van der Waals surface area contributed by atoms with Gasteiger partial charge in [0, 0.05) is 38.8 Å². The van der Waals surface area contributed by atoms with Crippen molar-refractivity contribution in [3.05, 3.63) is 0 Å². The average molecular weight is 229 g/mol. The van der Waals surface area contributed by atoms with Gasteiger partial charge in [0.05, 0.1) is 18.8 Å². The van der Waals surface area contributed by atoms with Crippen molar-refractivity contribution in [1.82, 2.24) is 4.90 Å². The normalized spacial score (nSPS) is 38.2. The highest BCUT2D eigenvalue weighted by Gasteiger charge is 2.27. The van der Waals surface area contributed by atoms with Crippen LogP contribution in [0.5, 0.6) is 0 Å². The van der Waals surface area contributed by atoms with Crippen LogP contribution in [0.3, 0.4) is 0 Å². The predicted molar refractivity (Wildman–Crippen MR) is 61.4 cm³/mol. The van der Waals surface area contributed by atoms with Crippen molar-refractivity contribution < 1.29 is 14.6 Å². The van der Waals surface area contributed by atoms with Gasteiger partial charge in [0.15, 0.2) is 0 Å². The molecule has 1 N–H and O–H groups in total. The van der Waals surface area contributed by atoms with Crippen LogP contribution < -0.4 is 0 Å². The van der Waals surface area contributed by atoms with E-state index in [0.29, 0.717) is 19.3 Å². The first-order valence-corrected chi connectivity index (χ1v) is 6.35. The second-order valence-electron chi connectivity index (χ2n) is 4.99. The Hall–Kier alpha value is -0.160. The molecule has 2 rings (SSSR count). The van der Waals surface area contributed by atoms with E-state index in [1.807, 2.05) is 0 Å². The molecule has 0 aromatic rings. The maximum Gasteiger partial charge on any atom is 0.0673 e. The second-order valence-corrected chi connectivity index (χ2v) is 4.99. The minimum absolute atomic E-state index is 0.187. The summed E-state index contributed by atoms with van der Waals surface area (Å²) in [5.41, 5.74) is 0. The Kier molecular flexibility index (Phi) is 4.58. The largest absolute Gasteiger partial charge is 0.393 e. The van der Waals surface area contributed by atoms with E-state index in [1.165, 1.54) is 0 Å². The number of rotatable bonds is 2. The van der Waals surface area contributed by atoms with Gasteiger partial charge in [-0.3, -0.25) is 0 Å². The smallest absolute Gasteiger partial charge is 0.0673 e. The Morgan fingerprint density at radius 3 is 3.06 bits per heavy atom. The Labute approximate surface area is 97.5 Å². The van der Waals surface area contributed by atoms with E-state index in [-0.39, 0.29) is 12.0 Å². The van der Waals surface area contributed by atoms with Crippen LogP contribution in [0.4, 0.5) is 0 Å². The van der Waals surface area contributed by atoms with E-state index < -0.39 is 0 Å². The number of hydrogen-bond donors (Lipinski definition) is 1. The first kappa shape index (κ1) is 12.3. The van der Waals surface area contributed by atoms with Gasteiger partial charge >= 0.3 is 0 Å². The summed E-state index contributed by atoms with van der Waals surface area (Å²) in [6.45, 7) is 7.38. The SMILES string of the molecule is CC1CN(CC2COCCC2O)CCCO1. The molecule has 2 saturated heterocycles. The van der Waals surface area contributed by atoms with Crippen LogP contribution in [0.25, 0.3) is 0 Å². The highest BCUT2D eigenvalue weighted by atomic mass is 16.5. The molecule has 0 bridgehead atoms. The summed E-state index contributed by atoms with van der Waals surface area (Å²) in [6, 6.07) is 0. The standard InChI is InChI=1S/C12H23NO3/c1-10-7-13(4-2-5-16-10)8-11-9-15-6-3-12(11)14/h10-12,14H,2-9H2,1H3. The third kappa shape index (κ3) is 3.42. The fraction of sp³-hybridized carbons (Fsp3) is 1.00. The van der Waals surface area contributed by atoms with E-state index in [2.05, 4.69) is 11.8 Å². The zero-order valence-electron chi connectivity index (χ0n) is 10.1. The van der Waals surface area contributed by atoms with Gasteiger partial charge in [-0.25, -0.2) is 0 Å². The number of aliphatic hydroxyl groups is 1. The minimum atomic E-state index is -0.187. The number of nitrogens with zero attached hydrogens (tertiary/aromatic N) is 1. The number of hydrogen-bond acceptors (Lipinski definition) is 4. The summed E-state index contributed by atoms with van der Waals surface area (Å²) >= 11 is 0. The van der Waals surface area contributed by atoms with Crippen molar-refractivity contribution in [2.45, 2.75) is 32.0 Å². The Morgan fingerprint density at radius 2 is 2.25 bits per heavy atom. The quantitative estimate of drug-likeness (QED) is 0.748. The average Bonchev–Trinajstić information content (AvgIpc) is 2.46. The molecule has 0 saturated carbocycles. The topological polar surface area (TPSA) is 41.9 Å². The van der Waals surface area contributed by atoms with Gasteiger partial charge in [-0.1, -0.05) is 0 Å². The first-order valence-electron chi connectivity index (χ1n) is 6.35. The van der Waals surface area contributed by atoms with Gasteiger partial charge in [-0.15, -0.1) is 0 Å². The summed E-state index contributed by atoms with van der Waals surface area (Å²) in [5, 5.41) is 9.90. The van der Waals surface area contributed by atoms with Crippen molar-refractivity contribution in [3.8, 4) is 0 Å². The molecule has 0 amide bonds. The van der Waals surface area contributed by atoms with Crippen LogP contribution in [0, 0.1) is 5.92 Å². The monoisotopic (exact) mass is 229 g/mol. The lowest BCUT2D eigenvalue weighted by Gasteiger charge is -2.32. The Morgan fingerprint density at radius 1 is 1.38 bits per heavy atom. The van der Waals surface area contributed by atoms with Crippen LogP contribution in [0.15, 0.2) is 0 Å². The number of ether oxygens (including phenoxy) is 2. The molecule has 94 valence electrons. The van der Waals surface area contributed by atoms with Crippen molar-refractivity contribution in [2.24, 2.45) is 5.92 Å². The third-order valence-corrected chi connectivity index (χ3v) is 3.46. The van der Waals surface area contributed by atoms with Gasteiger partial charge < -0.3 is 19.5 Å².